The van der Waals surface area contributed by atoms with E-state index in [4.69, 9.17) is 0 Å². The first-order valence-corrected chi connectivity index (χ1v) is 9.61. The molecular weight excluding hydrogens is 368 g/mol. The van der Waals surface area contributed by atoms with Crippen LogP contribution in [0.25, 0.3) is 0 Å². The second-order valence-electron chi connectivity index (χ2n) is 6.51. The van der Waals surface area contributed by atoms with Gasteiger partial charge < -0.3 is 10.2 Å². The molecule has 0 aliphatic heterocycles. The molecule has 1 aliphatic rings. The molecule has 1 saturated carbocycles. The van der Waals surface area contributed by atoms with Gasteiger partial charge in [-0.2, -0.15) is 0 Å². The summed E-state index contributed by atoms with van der Waals surface area (Å²) in [4.78, 5) is 26.8. The normalized spacial score (nSPS) is 20.5. The molecule has 1 aromatic rings. The maximum absolute atomic E-state index is 12.5. The molecule has 24 heavy (non-hydrogen) atoms. The van der Waals surface area contributed by atoms with Crippen LogP contribution in [-0.4, -0.2) is 29.8 Å². The number of carbonyl (C=O) groups is 2. The van der Waals surface area contributed by atoms with Crippen LogP contribution < -0.4 is 5.32 Å². The number of anilines is 1. The number of amides is 2. The third-order valence-corrected chi connectivity index (χ3v) is 5.46. The van der Waals surface area contributed by atoms with Gasteiger partial charge in [0.25, 0.3) is 0 Å². The van der Waals surface area contributed by atoms with Crippen LogP contribution in [0.4, 0.5) is 5.69 Å². The topological polar surface area (TPSA) is 49.4 Å². The molecule has 2 rings (SSSR count). The highest BCUT2D eigenvalue weighted by atomic mass is 79.9. The summed E-state index contributed by atoms with van der Waals surface area (Å²) >= 11 is 3.43. The number of halogens is 1. The molecule has 132 valence electrons. The van der Waals surface area contributed by atoms with Crippen molar-refractivity contribution < 1.29 is 9.59 Å². The number of nitrogens with zero attached hydrogens (tertiary/aromatic N) is 1. The van der Waals surface area contributed by atoms with E-state index in [9.17, 15) is 9.59 Å². The Labute approximate surface area is 153 Å². The Kier molecular flexibility index (Phi) is 6.84. The number of rotatable bonds is 5. The standard InChI is InChI=1S/C19H27BrN2O2/c1-4-22(5-2)19(24)15-8-6-14(7-9-15)18(23)21-17-11-10-16(20)12-13(17)3/h10-12,14-15H,4-9H2,1-3H3,(H,21,23). The molecule has 0 bridgehead atoms. The SMILES string of the molecule is CCN(CC)C(=O)C1CCC(C(=O)Nc2ccc(Br)cc2C)CC1. The van der Waals surface area contributed by atoms with E-state index in [0.29, 0.717) is 0 Å². The quantitative estimate of drug-likeness (QED) is 0.805. The molecule has 0 atom stereocenters. The Morgan fingerprint density at radius 2 is 1.71 bits per heavy atom. The van der Waals surface area contributed by atoms with Crippen LogP contribution in [0.2, 0.25) is 0 Å². The number of carbonyl (C=O) groups excluding carboxylic acids is 2. The average Bonchev–Trinajstić information content (AvgIpc) is 2.58. The Balaban J connectivity index is 1.89. The molecule has 1 aliphatic carbocycles. The highest BCUT2D eigenvalue weighted by molar-refractivity contribution is 9.10. The van der Waals surface area contributed by atoms with Gasteiger partial charge >= 0.3 is 0 Å². The zero-order valence-electron chi connectivity index (χ0n) is 14.8. The Morgan fingerprint density at radius 1 is 1.12 bits per heavy atom. The van der Waals surface area contributed by atoms with Crippen molar-refractivity contribution in [3.8, 4) is 0 Å². The fraction of sp³-hybridized carbons (Fsp3) is 0.579. The summed E-state index contributed by atoms with van der Waals surface area (Å²) in [5.74, 6) is 0.425. The smallest absolute Gasteiger partial charge is 0.227 e. The fourth-order valence-electron chi connectivity index (χ4n) is 3.40. The van der Waals surface area contributed by atoms with E-state index in [1.54, 1.807) is 0 Å². The lowest BCUT2D eigenvalue weighted by atomic mass is 9.81. The highest BCUT2D eigenvalue weighted by Crippen LogP contribution is 2.31. The molecule has 1 aromatic carbocycles. The lowest BCUT2D eigenvalue weighted by Gasteiger charge is -2.30. The van der Waals surface area contributed by atoms with Gasteiger partial charge in [0, 0.05) is 35.1 Å². The summed E-state index contributed by atoms with van der Waals surface area (Å²) in [5, 5.41) is 3.04. The molecule has 0 aromatic heterocycles. The van der Waals surface area contributed by atoms with Crippen LogP contribution in [0.15, 0.2) is 22.7 Å². The minimum Gasteiger partial charge on any atom is -0.343 e. The van der Waals surface area contributed by atoms with Gasteiger partial charge in [0.05, 0.1) is 0 Å². The summed E-state index contributed by atoms with van der Waals surface area (Å²) < 4.78 is 1.01. The van der Waals surface area contributed by atoms with Crippen molar-refractivity contribution in [1.29, 1.82) is 0 Å². The van der Waals surface area contributed by atoms with Crippen LogP contribution in [-0.2, 0) is 9.59 Å². The molecule has 0 spiro atoms. The average molecular weight is 395 g/mol. The van der Waals surface area contributed by atoms with E-state index in [0.717, 1.165) is 54.5 Å². The molecule has 0 heterocycles. The number of benzene rings is 1. The van der Waals surface area contributed by atoms with Crippen LogP contribution in [0.1, 0.15) is 45.1 Å². The Morgan fingerprint density at radius 3 is 2.25 bits per heavy atom. The van der Waals surface area contributed by atoms with E-state index >= 15 is 0 Å². The van der Waals surface area contributed by atoms with Gasteiger partial charge in [-0.05, 0) is 70.2 Å². The molecule has 0 radical (unpaired) electrons. The first-order chi connectivity index (χ1) is 11.5. The van der Waals surface area contributed by atoms with Crippen molar-refractivity contribution in [3.05, 3.63) is 28.2 Å². The lowest BCUT2D eigenvalue weighted by Crippen LogP contribution is -2.38. The second kappa shape index (κ2) is 8.65. The van der Waals surface area contributed by atoms with Crippen molar-refractivity contribution in [1.82, 2.24) is 4.90 Å². The minimum absolute atomic E-state index is 0.00815. The van der Waals surface area contributed by atoms with Crippen molar-refractivity contribution in [2.45, 2.75) is 46.5 Å². The molecular formula is C19H27BrN2O2. The van der Waals surface area contributed by atoms with E-state index in [2.05, 4.69) is 21.2 Å². The maximum Gasteiger partial charge on any atom is 0.227 e. The molecule has 1 N–H and O–H groups in total. The summed E-state index contributed by atoms with van der Waals surface area (Å²) in [6, 6.07) is 5.85. The van der Waals surface area contributed by atoms with Gasteiger partial charge in [0.1, 0.15) is 0 Å². The summed E-state index contributed by atoms with van der Waals surface area (Å²) in [6.07, 6.45) is 3.21. The van der Waals surface area contributed by atoms with Gasteiger partial charge in [-0.25, -0.2) is 0 Å². The Hall–Kier alpha value is -1.36. The van der Waals surface area contributed by atoms with Crippen LogP contribution >= 0.6 is 15.9 Å². The van der Waals surface area contributed by atoms with Crippen molar-refractivity contribution in [2.24, 2.45) is 11.8 Å². The van der Waals surface area contributed by atoms with Crippen LogP contribution in [0.3, 0.4) is 0 Å². The third-order valence-electron chi connectivity index (χ3n) is 4.97. The van der Waals surface area contributed by atoms with Crippen LogP contribution in [0.5, 0.6) is 0 Å². The fourth-order valence-corrected chi connectivity index (χ4v) is 3.87. The number of nitrogens with one attached hydrogen (secondary N) is 1. The summed E-state index contributed by atoms with van der Waals surface area (Å²) in [5.41, 5.74) is 1.91. The van der Waals surface area contributed by atoms with Gasteiger partial charge in [-0.15, -0.1) is 0 Å². The molecule has 0 saturated heterocycles. The number of hydrogen-bond donors (Lipinski definition) is 1. The van der Waals surface area contributed by atoms with E-state index in [1.165, 1.54) is 0 Å². The number of hydrogen-bond acceptors (Lipinski definition) is 2. The molecule has 0 unspecified atom stereocenters. The van der Waals surface area contributed by atoms with Crippen molar-refractivity contribution in [3.63, 3.8) is 0 Å². The third kappa shape index (κ3) is 4.59. The number of aryl methyl sites for hydroxylation is 1. The first kappa shape index (κ1) is 19.0. The van der Waals surface area contributed by atoms with Gasteiger partial charge in [0.2, 0.25) is 11.8 Å². The van der Waals surface area contributed by atoms with Gasteiger partial charge in [-0.1, -0.05) is 15.9 Å². The first-order valence-electron chi connectivity index (χ1n) is 8.82. The van der Waals surface area contributed by atoms with E-state index < -0.39 is 0 Å². The van der Waals surface area contributed by atoms with Crippen molar-refractivity contribution >= 4 is 33.4 Å². The van der Waals surface area contributed by atoms with Crippen molar-refractivity contribution in [2.75, 3.05) is 18.4 Å². The zero-order chi connectivity index (χ0) is 17.7. The highest BCUT2D eigenvalue weighted by Gasteiger charge is 2.31. The second-order valence-corrected chi connectivity index (χ2v) is 7.42. The zero-order valence-corrected chi connectivity index (χ0v) is 16.4. The monoisotopic (exact) mass is 394 g/mol. The lowest BCUT2D eigenvalue weighted by molar-refractivity contribution is -0.137. The maximum atomic E-state index is 12.5. The molecule has 1 fully saturated rings. The summed E-state index contributed by atoms with van der Waals surface area (Å²) in [7, 11) is 0. The predicted molar refractivity (Wildman–Crippen MR) is 101 cm³/mol. The molecule has 2 amide bonds. The molecule has 5 heteroatoms. The Bertz CT molecular complexity index is 591. The largest absolute Gasteiger partial charge is 0.343 e. The summed E-state index contributed by atoms with van der Waals surface area (Å²) in [6.45, 7) is 7.54. The molecule has 4 nitrogen and oxygen atoms in total. The van der Waals surface area contributed by atoms with Crippen LogP contribution in [0, 0.1) is 18.8 Å². The van der Waals surface area contributed by atoms with Gasteiger partial charge in [0.15, 0.2) is 0 Å². The predicted octanol–water partition coefficient (Wildman–Crippen LogP) is 4.37. The minimum atomic E-state index is 0.00815. The van der Waals surface area contributed by atoms with Gasteiger partial charge in [-0.3, -0.25) is 9.59 Å². The van der Waals surface area contributed by atoms with E-state index in [-0.39, 0.29) is 23.7 Å². The van der Waals surface area contributed by atoms with E-state index in [1.807, 2.05) is 43.9 Å².